The van der Waals surface area contributed by atoms with E-state index in [1.54, 1.807) is 19.9 Å². The van der Waals surface area contributed by atoms with Crippen LogP contribution in [0.4, 0.5) is 0 Å². The summed E-state index contributed by atoms with van der Waals surface area (Å²) in [5.74, 6) is -2.44. The molecule has 0 aromatic rings. The SMILES string of the molecule is CC(C)[C@H](O)C(=O)C1CN(C)C(=O)[C@@](N)(C(=O)[C@H](C)N)C2=C1CCC=C2. The van der Waals surface area contributed by atoms with E-state index in [-0.39, 0.29) is 18.2 Å². The molecule has 0 bridgehead atoms. The number of nitrogens with two attached hydrogens (primary N) is 2. The fourth-order valence-electron chi connectivity index (χ4n) is 3.71. The number of Topliss-reactive ketones (excluding diaryl/α,β-unsaturated/α-hetero) is 2. The smallest absolute Gasteiger partial charge is 0.254 e. The Balaban J connectivity index is 2.66. The molecule has 4 atom stereocenters. The van der Waals surface area contributed by atoms with E-state index >= 15 is 0 Å². The third-order valence-corrected chi connectivity index (χ3v) is 5.27. The topological polar surface area (TPSA) is 127 Å². The maximum Gasteiger partial charge on any atom is 0.254 e. The molecule has 0 radical (unpaired) electrons. The van der Waals surface area contributed by atoms with E-state index in [0.29, 0.717) is 24.0 Å². The van der Waals surface area contributed by atoms with Crippen LogP contribution in [-0.2, 0) is 14.4 Å². The average Bonchev–Trinajstić information content (AvgIpc) is 2.69. The molecule has 7 nitrogen and oxygen atoms in total. The van der Waals surface area contributed by atoms with Gasteiger partial charge < -0.3 is 21.5 Å². The predicted molar refractivity (Wildman–Crippen MR) is 98.0 cm³/mol. The van der Waals surface area contributed by atoms with Crippen molar-refractivity contribution in [3.63, 3.8) is 0 Å². The summed E-state index contributed by atoms with van der Waals surface area (Å²) in [4.78, 5) is 40.0. The van der Waals surface area contributed by atoms with Gasteiger partial charge in [0.05, 0.1) is 12.0 Å². The van der Waals surface area contributed by atoms with E-state index in [1.807, 2.05) is 6.08 Å². The Kier molecular flexibility index (Phi) is 5.85. The number of nitrogens with zero attached hydrogens (tertiary/aromatic N) is 1. The Hall–Kier alpha value is -1.83. The van der Waals surface area contributed by atoms with Crippen LogP contribution in [0.2, 0.25) is 0 Å². The lowest BCUT2D eigenvalue weighted by molar-refractivity contribution is -0.141. The van der Waals surface area contributed by atoms with Crippen LogP contribution in [0.25, 0.3) is 0 Å². The van der Waals surface area contributed by atoms with Gasteiger partial charge in [0.25, 0.3) is 5.91 Å². The first-order valence-corrected chi connectivity index (χ1v) is 8.99. The van der Waals surface area contributed by atoms with Crippen LogP contribution in [0.1, 0.15) is 33.6 Å². The average molecular weight is 363 g/mol. The standard InChI is InChI=1S/C19H29N3O4/c1-10(2)15(23)16(24)13-9-22(4)18(26)19(21,17(25)11(3)20)14-8-6-5-7-12(13)14/h6,8,10-11,13,15,23H,5,7,9,20-21H2,1-4H3/t11-,13?,15-,19-/m0/s1. The number of allylic oxidation sites excluding steroid dienone is 1. The highest BCUT2D eigenvalue weighted by Crippen LogP contribution is 2.37. The highest BCUT2D eigenvalue weighted by molar-refractivity contribution is 6.16. The Bertz CT molecular complexity index is 680. The molecule has 0 aromatic carbocycles. The van der Waals surface area contributed by atoms with Crippen LogP contribution in [0.5, 0.6) is 0 Å². The van der Waals surface area contributed by atoms with Crippen molar-refractivity contribution < 1.29 is 19.5 Å². The lowest BCUT2D eigenvalue weighted by Crippen LogP contribution is -2.63. The first-order chi connectivity index (χ1) is 12.0. The molecule has 7 heteroatoms. The second-order valence-corrected chi connectivity index (χ2v) is 7.67. The van der Waals surface area contributed by atoms with Crippen molar-refractivity contribution in [2.45, 2.75) is 51.3 Å². The minimum atomic E-state index is -1.91. The van der Waals surface area contributed by atoms with E-state index in [2.05, 4.69) is 0 Å². The Morgan fingerprint density at radius 3 is 2.50 bits per heavy atom. The summed E-state index contributed by atoms with van der Waals surface area (Å²) in [7, 11) is 1.52. The molecule has 0 saturated heterocycles. The Morgan fingerprint density at radius 1 is 1.35 bits per heavy atom. The fourth-order valence-corrected chi connectivity index (χ4v) is 3.71. The van der Waals surface area contributed by atoms with Crippen molar-refractivity contribution in [2.24, 2.45) is 23.3 Å². The maximum atomic E-state index is 13.0. The third-order valence-electron chi connectivity index (χ3n) is 5.27. The molecule has 0 fully saturated rings. The highest BCUT2D eigenvalue weighted by atomic mass is 16.3. The second kappa shape index (κ2) is 7.42. The summed E-state index contributed by atoms with van der Waals surface area (Å²) < 4.78 is 0. The van der Waals surface area contributed by atoms with E-state index in [4.69, 9.17) is 11.5 Å². The normalized spacial score (nSPS) is 28.7. The summed E-state index contributed by atoms with van der Waals surface area (Å²) in [5.41, 5.74) is 11.3. The molecule has 2 aliphatic rings. The molecule has 1 heterocycles. The first kappa shape index (κ1) is 20.5. The van der Waals surface area contributed by atoms with Crippen molar-refractivity contribution in [1.82, 2.24) is 4.90 Å². The van der Waals surface area contributed by atoms with Crippen molar-refractivity contribution >= 4 is 17.5 Å². The van der Waals surface area contributed by atoms with Gasteiger partial charge in [-0.25, -0.2) is 0 Å². The zero-order chi connectivity index (χ0) is 19.8. The van der Waals surface area contributed by atoms with Gasteiger partial charge in [0.2, 0.25) is 0 Å². The minimum absolute atomic E-state index is 0.0826. The van der Waals surface area contributed by atoms with Gasteiger partial charge in [-0.05, 0) is 31.3 Å². The summed E-state index contributed by atoms with van der Waals surface area (Å²) in [6.07, 6.45) is 3.56. The van der Waals surface area contributed by atoms with Gasteiger partial charge >= 0.3 is 0 Å². The van der Waals surface area contributed by atoms with Gasteiger partial charge in [-0.1, -0.05) is 31.6 Å². The number of rotatable bonds is 5. The number of likely N-dealkylation sites (N-methyl/N-ethyl adjacent to an activating group) is 1. The van der Waals surface area contributed by atoms with Crippen LogP contribution in [-0.4, -0.2) is 58.8 Å². The fraction of sp³-hybridized carbons (Fsp3) is 0.632. The molecule has 144 valence electrons. The molecule has 1 aliphatic heterocycles. The van der Waals surface area contributed by atoms with E-state index < -0.39 is 35.3 Å². The maximum absolute atomic E-state index is 13.0. The summed E-state index contributed by atoms with van der Waals surface area (Å²) in [5, 5.41) is 10.3. The van der Waals surface area contributed by atoms with Gasteiger partial charge in [0.1, 0.15) is 6.10 Å². The summed E-state index contributed by atoms with van der Waals surface area (Å²) >= 11 is 0. The van der Waals surface area contributed by atoms with Crippen molar-refractivity contribution in [3.8, 4) is 0 Å². The molecule has 1 aliphatic carbocycles. The van der Waals surface area contributed by atoms with Crippen LogP contribution in [0.15, 0.2) is 23.3 Å². The molecule has 0 spiro atoms. The van der Waals surface area contributed by atoms with E-state index in [9.17, 15) is 19.5 Å². The summed E-state index contributed by atoms with van der Waals surface area (Å²) in [6.45, 7) is 5.10. The zero-order valence-electron chi connectivity index (χ0n) is 15.9. The molecule has 26 heavy (non-hydrogen) atoms. The Morgan fingerprint density at radius 2 is 1.96 bits per heavy atom. The van der Waals surface area contributed by atoms with Crippen LogP contribution in [0, 0.1) is 11.8 Å². The number of aliphatic hydroxyl groups is 1. The quantitative estimate of drug-likeness (QED) is 0.587. The van der Waals surface area contributed by atoms with E-state index in [0.717, 1.165) is 0 Å². The summed E-state index contributed by atoms with van der Waals surface area (Å²) in [6, 6.07) is -0.921. The number of ketones is 2. The molecular formula is C19H29N3O4. The molecule has 1 unspecified atom stereocenters. The lowest BCUT2D eigenvalue weighted by atomic mass is 9.74. The lowest BCUT2D eigenvalue weighted by Gasteiger charge is -2.32. The van der Waals surface area contributed by atoms with Gasteiger partial charge in [0.15, 0.2) is 17.1 Å². The van der Waals surface area contributed by atoms with Gasteiger partial charge in [-0.3, -0.25) is 14.4 Å². The highest BCUT2D eigenvalue weighted by Gasteiger charge is 2.52. The molecule has 1 amide bonds. The van der Waals surface area contributed by atoms with Gasteiger partial charge in [-0.2, -0.15) is 0 Å². The minimum Gasteiger partial charge on any atom is -0.385 e. The number of amides is 1. The first-order valence-electron chi connectivity index (χ1n) is 8.99. The molecular weight excluding hydrogens is 334 g/mol. The van der Waals surface area contributed by atoms with Crippen LogP contribution < -0.4 is 11.5 Å². The van der Waals surface area contributed by atoms with Crippen molar-refractivity contribution in [2.75, 3.05) is 13.6 Å². The number of hydrogen-bond donors (Lipinski definition) is 3. The van der Waals surface area contributed by atoms with Crippen molar-refractivity contribution in [3.05, 3.63) is 23.3 Å². The number of carbonyl (C=O) groups is 3. The Labute approximate surface area is 154 Å². The van der Waals surface area contributed by atoms with Crippen LogP contribution >= 0.6 is 0 Å². The number of aliphatic hydroxyl groups excluding tert-OH is 1. The number of hydrogen-bond acceptors (Lipinski definition) is 6. The van der Waals surface area contributed by atoms with Gasteiger partial charge in [-0.15, -0.1) is 0 Å². The predicted octanol–water partition coefficient (Wildman–Crippen LogP) is -0.0790. The van der Waals surface area contributed by atoms with Crippen molar-refractivity contribution in [1.29, 1.82) is 0 Å². The number of carbonyl (C=O) groups excluding carboxylic acids is 3. The van der Waals surface area contributed by atoms with Crippen LogP contribution in [0.3, 0.4) is 0 Å². The largest absolute Gasteiger partial charge is 0.385 e. The molecule has 0 saturated carbocycles. The second-order valence-electron chi connectivity index (χ2n) is 7.67. The molecule has 2 rings (SSSR count). The third kappa shape index (κ3) is 3.26. The zero-order valence-corrected chi connectivity index (χ0v) is 15.9. The van der Waals surface area contributed by atoms with Gasteiger partial charge in [0, 0.05) is 13.6 Å². The molecule has 5 N–H and O–H groups in total. The van der Waals surface area contributed by atoms with E-state index in [1.165, 1.54) is 18.9 Å². The molecule has 0 aromatic heterocycles. The monoisotopic (exact) mass is 363 g/mol.